The molecule has 1 aromatic heterocycles. The first kappa shape index (κ1) is 12.8. The molecule has 2 rings (SSSR count). The Bertz CT molecular complexity index is 581. The highest BCUT2D eigenvalue weighted by molar-refractivity contribution is 6.30. The molecule has 3 nitrogen and oxygen atoms in total. The topological polar surface area (TPSA) is 29.0 Å². The number of hydrogen-bond donors (Lipinski definition) is 0. The maximum absolute atomic E-state index is 6.03. The fourth-order valence-corrected chi connectivity index (χ4v) is 2.18. The van der Waals surface area contributed by atoms with Gasteiger partial charge in [-0.15, -0.1) is 0 Å². The van der Waals surface area contributed by atoms with E-state index >= 15 is 0 Å². The average molecular weight is 262 g/mol. The van der Waals surface area contributed by atoms with Gasteiger partial charge in [-0.05, 0) is 32.4 Å². The van der Waals surface area contributed by atoms with Crippen molar-refractivity contribution in [2.45, 2.75) is 20.8 Å². The minimum atomic E-state index is 0.497. The van der Waals surface area contributed by atoms with E-state index in [0.29, 0.717) is 5.15 Å². The first-order chi connectivity index (χ1) is 8.50. The third-order valence-electron chi connectivity index (χ3n) is 3.03. The second-order valence-electron chi connectivity index (χ2n) is 4.46. The van der Waals surface area contributed by atoms with E-state index in [9.17, 15) is 0 Å². The number of benzene rings is 1. The van der Waals surface area contributed by atoms with Crippen LogP contribution < -0.4 is 4.90 Å². The van der Waals surface area contributed by atoms with E-state index in [4.69, 9.17) is 11.6 Å². The lowest BCUT2D eigenvalue weighted by Gasteiger charge is -2.22. The maximum Gasteiger partial charge on any atom is 0.140 e. The zero-order chi connectivity index (χ0) is 13.3. The summed E-state index contributed by atoms with van der Waals surface area (Å²) in [5, 5.41) is 0.497. The van der Waals surface area contributed by atoms with Crippen LogP contribution >= 0.6 is 11.6 Å². The first-order valence-corrected chi connectivity index (χ1v) is 6.16. The van der Waals surface area contributed by atoms with Gasteiger partial charge in [-0.25, -0.2) is 9.97 Å². The van der Waals surface area contributed by atoms with Crippen molar-refractivity contribution >= 4 is 23.1 Å². The largest absolute Gasteiger partial charge is 0.329 e. The molecule has 2 aromatic rings. The molecule has 0 atom stereocenters. The van der Waals surface area contributed by atoms with Crippen LogP contribution in [0.5, 0.6) is 0 Å². The monoisotopic (exact) mass is 261 g/mol. The molecule has 4 heteroatoms. The molecule has 0 aliphatic rings. The summed E-state index contributed by atoms with van der Waals surface area (Å²) in [4.78, 5) is 10.3. The third-order valence-corrected chi connectivity index (χ3v) is 3.41. The van der Waals surface area contributed by atoms with Gasteiger partial charge in [0.25, 0.3) is 0 Å². The van der Waals surface area contributed by atoms with Gasteiger partial charge < -0.3 is 4.90 Å². The van der Waals surface area contributed by atoms with E-state index in [1.54, 1.807) is 0 Å². The molecule has 0 aliphatic heterocycles. The zero-order valence-corrected chi connectivity index (χ0v) is 11.8. The Morgan fingerprint density at radius 3 is 2.50 bits per heavy atom. The standard InChI is InChI=1S/C14H16ClN3/c1-9-5-6-12(10(2)7-9)18(4)14-11(3)13(15)16-8-17-14/h5-8H,1-4H3. The number of rotatable bonds is 2. The molecule has 0 saturated heterocycles. The van der Waals surface area contributed by atoms with Gasteiger partial charge in [0.15, 0.2) is 0 Å². The summed E-state index contributed by atoms with van der Waals surface area (Å²) in [7, 11) is 1.99. The summed E-state index contributed by atoms with van der Waals surface area (Å²) in [5.74, 6) is 0.835. The summed E-state index contributed by atoms with van der Waals surface area (Å²) in [6, 6.07) is 6.35. The SMILES string of the molecule is Cc1ccc(N(C)c2ncnc(Cl)c2C)c(C)c1. The van der Waals surface area contributed by atoms with Crippen LogP contribution in [0.15, 0.2) is 24.5 Å². The lowest BCUT2D eigenvalue weighted by molar-refractivity contribution is 1.04. The summed E-state index contributed by atoms with van der Waals surface area (Å²) >= 11 is 6.03. The molecule has 0 saturated carbocycles. The summed E-state index contributed by atoms with van der Waals surface area (Å²) in [6.45, 7) is 6.11. The number of aromatic nitrogens is 2. The lowest BCUT2D eigenvalue weighted by Crippen LogP contribution is -2.14. The summed E-state index contributed by atoms with van der Waals surface area (Å²) in [6.07, 6.45) is 1.49. The van der Waals surface area contributed by atoms with Gasteiger partial charge in [0.1, 0.15) is 17.3 Å². The van der Waals surface area contributed by atoms with Gasteiger partial charge in [-0.1, -0.05) is 29.3 Å². The van der Waals surface area contributed by atoms with Crippen LogP contribution in [0.1, 0.15) is 16.7 Å². The molecule has 18 heavy (non-hydrogen) atoms. The van der Waals surface area contributed by atoms with Gasteiger partial charge in [0.2, 0.25) is 0 Å². The predicted molar refractivity (Wildman–Crippen MR) is 75.8 cm³/mol. The lowest BCUT2D eigenvalue weighted by atomic mass is 10.1. The predicted octanol–water partition coefficient (Wildman–Crippen LogP) is 3.82. The molecular formula is C14H16ClN3. The molecule has 0 spiro atoms. The Morgan fingerprint density at radius 2 is 1.83 bits per heavy atom. The number of nitrogens with zero attached hydrogens (tertiary/aromatic N) is 3. The molecular weight excluding hydrogens is 246 g/mol. The number of halogens is 1. The molecule has 0 aliphatic carbocycles. The average Bonchev–Trinajstić information content (AvgIpc) is 2.32. The van der Waals surface area contributed by atoms with E-state index in [-0.39, 0.29) is 0 Å². The van der Waals surface area contributed by atoms with E-state index < -0.39 is 0 Å². The van der Waals surface area contributed by atoms with Crippen molar-refractivity contribution in [3.8, 4) is 0 Å². The summed E-state index contributed by atoms with van der Waals surface area (Å²) in [5.41, 5.74) is 4.48. The van der Waals surface area contributed by atoms with Crippen molar-refractivity contribution in [3.63, 3.8) is 0 Å². The van der Waals surface area contributed by atoms with E-state index in [2.05, 4.69) is 42.0 Å². The van der Waals surface area contributed by atoms with Gasteiger partial charge in [0.05, 0.1) is 0 Å². The van der Waals surface area contributed by atoms with Gasteiger partial charge >= 0.3 is 0 Å². The molecule has 0 N–H and O–H groups in total. The Morgan fingerprint density at radius 1 is 1.11 bits per heavy atom. The quantitative estimate of drug-likeness (QED) is 0.770. The number of anilines is 2. The van der Waals surface area contributed by atoms with E-state index in [1.165, 1.54) is 17.5 Å². The van der Waals surface area contributed by atoms with Crippen LogP contribution in [-0.2, 0) is 0 Å². The molecule has 0 bridgehead atoms. The van der Waals surface area contributed by atoms with Crippen LogP contribution in [0.25, 0.3) is 0 Å². The Kier molecular flexibility index (Phi) is 3.53. The zero-order valence-electron chi connectivity index (χ0n) is 11.0. The van der Waals surface area contributed by atoms with Crippen molar-refractivity contribution in [2.75, 3.05) is 11.9 Å². The van der Waals surface area contributed by atoms with E-state index in [0.717, 1.165) is 17.1 Å². The smallest absolute Gasteiger partial charge is 0.140 e. The van der Waals surface area contributed by atoms with Crippen molar-refractivity contribution in [1.29, 1.82) is 0 Å². The fraction of sp³-hybridized carbons (Fsp3) is 0.286. The van der Waals surface area contributed by atoms with Gasteiger partial charge in [0, 0.05) is 18.3 Å². The summed E-state index contributed by atoms with van der Waals surface area (Å²) < 4.78 is 0. The minimum absolute atomic E-state index is 0.497. The number of hydrogen-bond acceptors (Lipinski definition) is 3. The van der Waals surface area contributed by atoms with Crippen LogP contribution in [-0.4, -0.2) is 17.0 Å². The Balaban J connectivity index is 2.48. The minimum Gasteiger partial charge on any atom is -0.329 e. The second-order valence-corrected chi connectivity index (χ2v) is 4.82. The highest BCUT2D eigenvalue weighted by atomic mass is 35.5. The third kappa shape index (κ3) is 2.31. The Hall–Kier alpha value is -1.61. The molecule has 1 aromatic carbocycles. The van der Waals surface area contributed by atoms with Crippen LogP contribution in [0.4, 0.5) is 11.5 Å². The van der Waals surface area contributed by atoms with Crippen molar-refractivity contribution in [1.82, 2.24) is 9.97 Å². The van der Waals surface area contributed by atoms with E-state index in [1.807, 2.05) is 18.9 Å². The molecule has 1 heterocycles. The molecule has 0 amide bonds. The Labute approximate surface area is 112 Å². The molecule has 0 radical (unpaired) electrons. The molecule has 0 fully saturated rings. The van der Waals surface area contributed by atoms with Crippen LogP contribution in [0.3, 0.4) is 0 Å². The highest BCUT2D eigenvalue weighted by Gasteiger charge is 2.13. The first-order valence-electron chi connectivity index (χ1n) is 5.79. The van der Waals surface area contributed by atoms with Crippen molar-refractivity contribution < 1.29 is 0 Å². The normalized spacial score (nSPS) is 10.5. The highest BCUT2D eigenvalue weighted by Crippen LogP contribution is 2.29. The molecule has 94 valence electrons. The van der Waals surface area contributed by atoms with Gasteiger partial charge in [-0.3, -0.25) is 0 Å². The fourth-order valence-electron chi connectivity index (χ4n) is 2.05. The second kappa shape index (κ2) is 4.94. The van der Waals surface area contributed by atoms with Crippen molar-refractivity contribution in [3.05, 3.63) is 46.4 Å². The van der Waals surface area contributed by atoms with Crippen molar-refractivity contribution in [2.24, 2.45) is 0 Å². The molecule has 0 unspecified atom stereocenters. The maximum atomic E-state index is 6.03. The van der Waals surface area contributed by atoms with Crippen LogP contribution in [0.2, 0.25) is 5.15 Å². The van der Waals surface area contributed by atoms with Gasteiger partial charge in [-0.2, -0.15) is 0 Å². The van der Waals surface area contributed by atoms with Crippen LogP contribution in [0, 0.1) is 20.8 Å². The number of aryl methyl sites for hydroxylation is 2.